The average Bonchev–Trinajstić information content (AvgIpc) is 2.53. The summed E-state index contributed by atoms with van der Waals surface area (Å²) in [5.41, 5.74) is 1.06. The van der Waals surface area contributed by atoms with Gasteiger partial charge in [-0.1, -0.05) is 30.3 Å². The van der Waals surface area contributed by atoms with Crippen molar-refractivity contribution in [2.75, 3.05) is 30.9 Å². The number of benzene rings is 1. The van der Waals surface area contributed by atoms with E-state index < -0.39 is 20.6 Å². The molecule has 0 saturated heterocycles. The predicted molar refractivity (Wildman–Crippen MR) is 121 cm³/mol. The smallest absolute Gasteiger partial charge is 0.191 e. The maximum Gasteiger partial charge on any atom is 0.191 e. The number of aliphatic imine (C=N–C) groups is 1. The molecule has 0 fully saturated rings. The maximum absolute atomic E-state index is 12.1. The lowest BCUT2D eigenvalue weighted by Crippen LogP contribution is -2.43. The summed E-state index contributed by atoms with van der Waals surface area (Å²) in [6, 6.07) is 9.75. The van der Waals surface area contributed by atoms with Crippen LogP contribution < -0.4 is 10.6 Å². The van der Waals surface area contributed by atoms with Crippen LogP contribution in [0.25, 0.3) is 0 Å². The average molecular weight is 515 g/mol. The standard InChI is InChI=1S/C17H29N3O3S2.HI/c1-4-18-17(20-15(2)10-13-25(3,22)23)19-11-12-24(21)14-16-8-6-5-7-9-16;/h5-9,15H,4,10-14H2,1-3H3,(H2,18,19,20);1H. The van der Waals surface area contributed by atoms with Crippen molar-refractivity contribution in [1.29, 1.82) is 0 Å². The first-order chi connectivity index (χ1) is 11.8. The van der Waals surface area contributed by atoms with Crippen molar-refractivity contribution in [3.8, 4) is 0 Å². The van der Waals surface area contributed by atoms with Gasteiger partial charge in [0.2, 0.25) is 0 Å². The quantitative estimate of drug-likeness (QED) is 0.283. The first kappa shape index (κ1) is 25.3. The number of guanidine groups is 1. The first-order valence-corrected chi connectivity index (χ1v) is 12.0. The molecule has 1 rings (SSSR count). The molecule has 150 valence electrons. The lowest BCUT2D eigenvalue weighted by atomic mass is 10.2. The number of hydrogen-bond donors (Lipinski definition) is 2. The molecule has 0 aliphatic carbocycles. The number of halogens is 1. The molecule has 2 atom stereocenters. The fourth-order valence-electron chi connectivity index (χ4n) is 2.11. The van der Waals surface area contributed by atoms with Crippen LogP contribution in [-0.2, 0) is 26.4 Å². The largest absolute Gasteiger partial charge is 0.357 e. The van der Waals surface area contributed by atoms with Crippen LogP contribution in [0.3, 0.4) is 0 Å². The van der Waals surface area contributed by atoms with E-state index in [4.69, 9.17) is 0 Å². The molecule has 6 nitrogen and oxygen atoms in total. The molecule has 0 spiro atoms. The van der Waals surface area contributed by atoms with Crippen molar-refractivity contribution >= 4 is 50.6 Å². The van der Waals surface area contributed by atoms with Crippen molar-refractivity contribution in [2.45, 2.75) is 32.1 Å². The van der Waals surface area contributed by atoms with Gasteiger partial charge in [0.15, 0.2) is 5.96 Å². The summed E-state index contributed by atoms with van der Waals surface area (Å²) in [7, 11) is -3.93. The molecule has 0 aliphatic heterocycles. The van der Waals surface area contributed by atoms with Gasteiger partial charge in [-0.15, -0.1) is 24.0 Å². The summed E-state index contributed by atoms with van der Waals surface area (Å²) in [6.07, 6.45) is 1.75. The molecule has 0 aliphatic rings. The Bertz CT molecular complexity index is 667. The Kier molecular flexibility index (Phi) is 13.1. The maximum atomic E-state index is 12.1. The minimum Gasteiger partial charge on any atom is -0.357 e. The van der Waals surface area contributed by atoms with Gasteiger partial charge >= 0.3 is 0 Å². The molecule has 0 heterocycles. The van der Waals surface area contributed by atoms with E-state index in [0.29, 0.717) is 37.0 Å². The Morgan fingerprint density at radius 2 is 1.92 bits per heavy atom. The lowest BCUT2D eigenvalue weighted by molar-refractivity contribution is 0.581. The molecule has 1 aromatic rings. The van der Waals surface area contributed by atoms with Crippen LogP contribution >= 0.6 is 24.0 Å². The Morgan fingerprint density at radius 1 is 1.27 bits per heavy atom. The van der Waals surface area contributed by atoms with E-state index in [2.05, 4.69) is 15.6 Å². The van der Waals surface area contributed by atoms with E-state index in [1.165, 1.54) is 6.26 Å². The highest BCUT2D eigenvalue weighted by Gasteiger charge is 2.09. The van der Waals surface area contributed by atoms with Gasteiger partial charge in [-0.2, -0.15) is 0 Å². The summed E-state index contributed by atoms with van der Waals surface area (Å²) < 4.78 is 34.6. The van der Waals surface area contributed by atoms with E-state index >= 15 is 0 Å². The monoisotopic (exact) mass is 515 g/mol. The second-order valence-electron chi connectivity index (χ2n) is 6.00. The molecule has 2 N–H and O–H groups in total. The van der Waals surface area contributed by atoms with Crippen LogP contribution in [0.5, 0.6) is 0 Å². The zero-order chi connectivity index (χ0) is 18.7. The summed E-state index contributed by atoms with van der Waals surface area (Å²) in [4.78, 5) is 4.43. The van der Waals surface area contributed by atoms with Gasteiger partial charge in [-0.05, 0) is 25.8 Å². The number of nitrogens with zero attached hydrogens (tertiary/aromatic N) is 1. The Balaban J connectivity index is 0.00000625. The molecule has 9 heteroatoms. The predicted octanol–water partition coefficient (Wildman–Crippen LogP) is 1.93. The molecule has 0 radical (unpaired) electrons. The fraction of sp³-hybridized carbons (Fsp3) is 0.588. The van der Waals surface area contributed by atoms with Gasteiger partial charge < -0.3 is 10.6 Å². The minimum atomic E-state index is -2.97. The van der Waals surface area contributed by atoms with Gasteiger partial charge in [-0.25, -0.2) is 8.42 Å². The lowest BCUT2D eigenvalue weighted by Gasteiger charge is -2.17. The van der Waals surface area contributed by atoms with Crippen LogP contribution in [0.15, 0.2) is 35.3 Å². The molecule has 0 bridgehead atoms. The van der Waals surface area contributed by atoms with Crippen LogP contribution in [0.4, 0.5) is 0 Å². The topological polar surface area (TPSA) is 87.6 Å². The van der Waals surface area contributed by atoms with E-state index in [0.717, 1.165) is 5.56 Å². The SMILES string of the molecule is CCNC(=NCCS(=O)Cc1ccccc1)NC(C)CCS(C)(=O)=O.I. The van der Waals surface area contributed by atoms with Crippen molar-refractivity contribution < 1.29 is 12.6 Å². The van der Waals surface area contributed by atoms with Crippen LogP contribution in [0.2, 0.25) is 0 Å². The molecular weight excluding hydrogens is 485 g/mol. The van der Waals surface area contributed by atoms with Crippen LogP contribution in [-0.4, -0.2) is 55.5 Å². The fourth-order valence-corrected chi connectivity index (χ4v) is 3.89. The second-order valence-corrected chi connectivity index (χ2v) is 9.83. The third kappa shape index (κ3) is 12.6. The summed E-state index contributed by atoms with van der Waals surface area (Å²) in [5, 5.41) is 6.31. The first-order valence-electron chi connectivity index (χ1n) is 8.41. The molecular formula is C17H30IN3O3S2. The number of nitrogens with one attached hydrogen (secondary N) is 2. The van der Waals surface area contributed by atoms with Gasteiger partial charge in [0, 0.05) is 41.1 Å². The number of rotatable bonds is 10. The van der Waals surface area contributed by atoms with Crippen molar-refractivity contribution in [1.82, 2.24) is 10.6 Å². The van der Waals surface area contributed by atoms with Gasteiger partial charge in [0.05, 0.1) is 12.3 Å². The van der Waals surface area contributed by atoms with Crippen molar-refractivity contribution in [2.24, 2.45) is 4.99 Å². The normalized spacial score (nSPS) is 14.2. The van der Waals surface area contributed by atoms with Gasteiger partial charge in [0.1, 0.15) is 9.84 Å². The zero-order valence-corrected chi connectivity index (χ0v) is 19.6. The molecule has 0 aromatic heterocycles. The highest BCUT2D eigenvalue weighted by Crippen LogP contribution is 2.03. The Morgan fingerprint density at radius 3 is 2.50 bits per heavy atom. The molecule has 26 heavy (non-hydrogen) atoms. The zero-order valence-electron chi connectivity index (χ0n) is 15.6. The number of sulfone groups is 1. The van der Waals surface area contributed by atoms with E-state index in [9.17, 15) is 12.6 Å². The Labute approximate surface area is 177 Å². The third-order valence-electron chi connectivity index (χ3n) is 3.41. The minimum absolute atomic E-state index is 0. The van der Waals surface area contributed by atoms with E-state index in [-0.39, 0.29) is 35.8 Å². The summed E-state index contributed by atoms with van der Waals surface area (Å²) in [6.45, 7) is 5.04. The highest BCUT2D eigenvalue weighted by atomic mass is 127. The third-order valence-corrected chi connectivity index (χ3v) is 5.68. The highest BCUT2D eigenvalue weighted by molar-refractivity contribution is 14.0. The van der Waals surface area contributed by atoms with Gasteiger partial charge in [-0.3, -0.25) is 9.20 Å². The van der Waals surface area contributed by atoms with Crippen LogP contribution in [0, 0.1) is 0 Å². The second kappa shape index (κ2) is 13.5. The van der Waals surface area contributed by atoms with E-state index in [1.807, 2.05) is 44.2 Å². The van der Waals surface area contributed by atoms with Crippen LogP contribution in [0.1, 0.15) is 25.8 Å². The Hall–Kier alpha value is -0.680. The summed E-state index contributed by atoms with van der Waals surface area (Å²) in [5.74, 6) is 1.79. The van der Waals surface area contributed by atoms with E-state index in [1.54, 1.807) is 0 Å². The van der Waals surface area contributed by atoms with Gasteiger partial charge in [0.25, 0.3) is 0 Å². The summed E-state index contributed by atoms with van der Waals surface area (Å²) >= 11 is 0. The van der Waals surface area contributed by atoms with Crippen molar-refractivity contribution in [3.05, 3.63) is 35.9 Å². The molecule has 0 amide bonds. The molecule has 1 aromatic carbocycles. The number of hydrogen-bond acceptors (Lipinski definition) is 4. The molecule has 0 saturated carbocycles. The van der Waals surface area contributed by atoms with Crippen molar-refractivity contribution in [3.63, 3.8) is 0 Å². The molecule has 2 unspecified atom stereocenters.